The van der Waals surface area contributed by atoms with Gasteiger partial charge in [0.2, 0.25) is 0 Å². The Balaban J connectivity index is 1.46. The minimum Gasteiger partial charge on any atom is -0.307 e. The molecule has 1 aliphatic heterocycles. The maximum absolute atomic E-state index is 12.9. The third kappa shape index (κ3) is 4.11. The first-order chi connectivity index (χ1) is 15.8. The fourth-order valence-corrected chi connectivity index (χ4v) is 4.28. The van der Waals surface area contributed by atoms with Gasteiger partial charge in [0, 0.05) is 49.7 Å². The summed E-state index contributed by atoms with van der Waals surface area (Å²) in [7, 11) is 0. The maximum Gasteiger partial charge on any atom is 0.416 e. The van der Waals surface area contributed by atoms with E-state index >= 15 is 0 Å². The number of hydrogen-bond donors (Lipinski definition) is 1. The lowest BCUT2D eigenvalue weighted by Crippen LogP contribution is -2.23. The molecule has 170 valence electrons. The summed E-state index contributed by atoms with van der Waals surface area (Å²) in [5.74, 6) is 1.03. The average molecular weight is 455 g/mol. The lowest BCUT2D eigenvalue weighted by Gasteiger charge is -2.15. The van der Waals surface area contributed by atoms with Crippen LogP contribution in [0.4, 0.5) is 13.2 Å². The highest BCUT2D eigenvalue weighted by atomic mass is 19.4. The topological polar surface area (TPSA) is 92.1 Å². The SMILES string of the molecule is CC1CN(Cc2cnccn2)CC1c1nn2c(-c3ccc(C(F)(F)F)cc3)ncc2c(=O)[nH]1. The summed E-state index contributed by atoms with van der Waals surface area (Å²) in [6.07, 6.45) is 1.96. The van der Waals surface area contributed by atoms with Crippen LogP contribution >= 0.6 is 0 Å². The van der Waals surface area contributed by atoms with Crippen molar-refractivity contribution in [2.75, 3.05) is 13.1 Å². The fraction of sp³-hybridized carbons (Fsp3) is 0.318. The number of halogens is 3. The lowest BCUT2D eigenvalue weighted by atomic mass is 9.97. The number of fused-ring (bicyclic) bond motifs is 1. The zero-order valence-electron chi connectivity index (χ0n) is 17.6. The molecule has 0 aliphatic carbocycles. The number of benzene rings is 1. The van der Waals surface area contributed by atoms with Gasteiger partial charge in [0.05, 0.1) is 17.5 Å². The Morgan fingerprint density at radius 1 is 1.09 bits per heavy atom. The maximum atomic E-state index is 12.9. The molecule has 3 aromatic heterocycles. The number of likely N-dealkylation sites (tertiary alicyclic amines) is 1. The third-order valence-corrected chi connectivity index (χ3v) is 5.93. The normalized spacial score (nSPS) is 19.4. The Hall–Kier alpha value is -3.60. The summed E-state index contributed by atoms with van der Waals surface area (Å²) in [6, 6.07) is 4.66. The van der Waals surface area contributed by atoms with Crippen LogP contribution in [0.5, 0.6) is 0 Å². The number of rotatable bonds is 4. The van der Waals surface area contributed by atoms with Gasteiger partial charge in [0.15, 0.2) is 11.3 Å². The highest BCUT2D eigenvalue weighted by Crippen LogP contribution is 2.32. The number of hydrogen-bond acceptors (Lipinski definition) is 6. The summed E-state index contributed by atoms with van der Waals surface area (Å²) >= 11 is 0. The Morgan fingerprint density at radius 3 is 2.58 bits per heavy atom. The monoisotopic (exact) mass is 455 g/mol. The van der Waals surface area contributed by atoms with Crippen LogP contribution in [0.15, 0.2) is 53.8 Å². The summed E-state index contributed by atoms with van der Waals surface area (Å²) in [5, 5.41) is 4.64. The fourth-order valence-electron chi connectivity index (χ4n) is 4.28. The number of nitrogens with one attached hydrogen (secondary N) is 1. The van der Waals surface area contributed by atoms with Crippen LogP contribution in [0.2, 0.25) is 0 Å². The van der Waals surface area contributed by atoms with E-state index in [1.165, 1.54) is 22.8 Å². The van der Waals surface area contributed by atoms with Crippen LogP contribution in [0.1, 0.15) is 29.9 Å². The molecule has 5 rings (SSSR count). The molecule has 2 atom stereocenters. The molecule has 1 N–H and O–H groups in total. The van der Waals surface area contributed by atoms with Gasteiger partial charge in [-0.3, -0.25) is 19.7 Å². The summed E-state index contributed by atoms with van der Waals surface area (Å²) in [4.78, 5) is 30.5. The highest BCUT2D eigenvalue weighted by Gasteiger charge is 2.33. The van der Waals surface area contributed by atoms with Gasteiger partial charge in [-0.25, -0.2) is 9.50 Å². The van der Waals surface area contributed by atoms with Crippen molar-refractivity contribution in [2.45, 2.75) is 25.6 Å². The predicted octanol–water partition coefficient (Wildman–Crippen LogP) is 3.13. The van der Waals surface area contributed by atoms with Gasteiger partial charge in [-0.05, 0) is 18.1 Å². The molecule has 4 heterocycles. The molecule has 11 heteroatoms. The molecule has 2 unspecified atom stereocenters. The van der Waals surface area contributed by atoms with E-state index in [9.17, 15) is 18.0 Å². The number of alkyl halides is 3. The van der Waals surface area contributed by atoms with Gasteiger partial charge < -0.3 is 4.98 Å². The number of aromatic nitrogens is 6. The van der Waals surface area contributed by atoms with Crippen molar-refractivity contribution in [1.29, 1.82) is 0 Å². The molecule has 4 aromatic rings. The molecular formula is C22H20F3N7O. The van der Waals surface area contributed by atoms with Crippen LogP contribution in [0.25, 0.3) is 16.9 Å². The molecule has 1 saturated heterocycles. The largest absolute Gasteiger partial charge is 0.416 e. The summed E-state index contributed by atoms with van der Waals surface area (Å²) in [5.41, 5.74) is 0.444. The van der Waals surface area contributed by atoms with Gasteiger partial charge in [-0.15, -0.1) is 0 Å². The van der Waals surface area contributed by atoms with E-state index in [-0.39, 0.29) is 22.9 Å². The molecule has 0 radical (unpaired) electrons. The zero-order chi connectivity index (χ0) is 23.2. The van der Waals surface area contributed by atoms with E-state index in [4.69, 9.17) is 0 Å². The first kappa shape index (κ1) is 21.3. The van der Waals surface area contributed by atoms with Gasteiger partial charge in [-0.2, -0.15) is 18.3 Å². The molecule has 1 fully saturated rings. The van der Waals surface area contributed by atoms with Gasteiger partial charge in [-0.1, -0.05) is 19.1 Å². The lowest BCUT2D eigenvalue weighted by molar-refractivity contribution is -0.137. The van der Waals surface area contributed by atoms with Crippen molar-refractivity contribution >= 4 is 5.52 Å². The molecule has 0 bridgehead atoms. The zero-order valence-corrected chi connectivity index (χ0v) is 17.6. The Kier molecular flexibility index (Phi) is 5.20. The van der Waals surface area contributed by atoms with E-state index in [1.54, 1.807) is 18.6 Å². The second-order valence-electron chi connectivity index (χ2n) is 8.27. The second kappa shape index (κ2) is 8.07. The Morgan fingerprint density at radius 2 is 1.88 bits per heavy atom. The Labute approximate surface area is 186 Å². The van der Waals surface area contributed by atoms with Crippen molar-refractivity contribution in [2.24, 2.45) is 5.92 Å². The summed E-state index contributed by atoms with van der Waals surface area (Å²) in [6.45, 7) is 4.22. The standard InChI is InChI=1S/C22H20F3N7O/c1-13-10-31(11-16-8-26-6-7-27-16)12-17(13)19-29-21(33)18-9-28-20(32(18)30-19)14-2-4-15(5-3-14)22(23,24)25/h2-9,13,17H,10-12H2,1H3,(H,29,30,33). The third-order valence-electron chi connectivity index (χ3n) is 5.93. The van der Waals surface area contributed by atoms with Crippen molar-refractivity contribution in [3.05, 3.63) is 76.5 Å². The van der Waals surface area contributed by atoms with Gasteiger partial charge in [0.1, 0.15) is 5.82 Å². The number of imidazole rings is 1. The molecule has 0 saturated carbocycles. The molecule has 0 spiro atoms. The van der Waals surface area contributed by atoms with Crippen LogP contribution in [0.3, 0.4) is 0 Å². The average Bonchev–Trinajstić information content (AvgIpc) is 3.37. The van der Waals surface area contributed by atoms with E-state index in [0.717, 1.165) is 24.4 Å². The molecular weight excluding hydrogens is 435 g/mol. The first-order valence-electron chi connectivity index (χ1n) is 10.4. The number of nitrogens with zero attached hydrogens (tertiary/aromatic N) is 6. The predicted molar refractivity (Wildman–Crippen MR) is 113 cm³/mol. The van der Waals surface area contributed by atoms with E-state index in [1.807, 2.05) is 0 Å². The molecule has 1 aliphatic rings. The smallest absolute Gasteiger partial charge is 0.307 e. The van der Waals surface area contributed by atoms with Crippen LogP contribution < -0.4 is 5.56 Å². The molecule has 8 nitrogen and oxygen atoms in total. The quantitative estimate of drug-likeness (QED) is 0.508. The van der Waals surface area contributed by atoms with Crippen molar-refractivity contribution in [1.82, 2.24) is 34.4 Å². The number of aromatic amines is 1. The van der Waals surface area contributed by atoms with Crippen molar-refractivity contribution in [3.63, 3.8) is 0 Å². The van der Waals surface area contributed by atoms with Crippen molar-refractivity contribution in [3.8, 4) is 11.4 Å². The van der Waals surface area contributed by atoms with Crippen molar-refractivity contribution < 1.29 is 13.2 Å². The Bertz CT molecular complexity index is 1330. The van der Waals surface area contributed by atoms with Gasteiger partial charge in [0.25, 0.3) is 5.56 Å². The van der Waals surface area contributed by atoms with Crippen LogP contribution in [-0.4, -0.2) is 47.5 Å². The highest BCUT2D eigenvalue weighted by molar-refractivity contribution is 5.61. The molecule has 33 heavy (non-hydrogen) atoms. The molecule has 1 aromatic carbocycles. The van der Waals surface area contributed by atoms with Crippen LogP contribution in [-0.2, 0) is 12.7 Å². The van der Waals surface area contributed by atoms with Gasteiger partial charge >= 0.3 is 6.18 Å². The van der Waals surface area contributed by atoms with E-state index < -0.39 is 11.7 Å². The minimum absolute atomic E-state index is 0.0263. The number of H-pyrrole nitrogens is 1. The molecule has 0 amide bonds. The van der Waals surface area contributed by atoms with E-state index in [2.05, 4.69) is 36.9 Å². The van der Waals surface area contributed by atoms with E-state index in [0.29, 0.717) is 30.3 Å². The second-order valence-corrected chi connectivity index (χ2v) is 8.27. The first-order valence-corrected chi connectivity index (χ1v) is 10.4. The summed E-state index contributed by atoms with van der Waals surface area (Å²) < 4.78 is 40.1. The van der Waals surface area contributed by atoms with Crippen LogP contribution in [0, 0.1) is 5.92 Å². The minimum atomic E-state index is -4.43.